The molecule has 0 amide bonds. The summed E-state index contributed by atoms with van der Waals surface area (Å²) in [5.74, 6) is 2.30. The summed E-state index contributed by atoms with van der Waals surface area (Å²) in [4.78, 5) is 4.21. The summed E-state index contributed by atoms with van der Waals surface area (Å²) in [6.07, 6.45) is -0.601. The number of rotatable bonds is 4. The molecule has 0 fully saturated rings. The minimum absolute atomic E-state index is 0.402. The Hall–Kier alpha value is -1.88. The largest absolute Gasteiger partial charge is 0.497 e. The number of nitrogens with zero attached hydrogens (tertiary/aromatic N) is 3. The van der Waals surface area contributed by atoms with Crippen LogP contribution in [0.4, 0.5) is 0 Å². The molecule has 0 radical (unpaired) electrons. The van der Waals surface area contributed by atoms with E-state index in [1.807, 2.05) is 38.1 Å². The minimum Gasteiger partial charge on any atom is -0.497 e. The molecule has 1 unspecified atom stereocenters. The third-order valence-electron chi connectivity index (χ3n) is 2.81. The van der Waals surface area contributed by atoms with E-state index in [0.717, 1.165) is 23.0 Å². The van der Waals surface area contributed by atoms with Crippen LogP contribution in [0.5, 0.6) is 5.75 Å². The highest BCUT2D eigenvalue weighted by molar-refractivity contribution is 5.28. The van der Waals surface area contributed by atoms with Gasteiger partial charge in [0.1, 0.15) is 17.4 Å². The van der Waals surface area contributed by atoms with Crippen molar-refractivity contribution >= 4 is 0 Å². The van der Waals surface area contributed by atoms with Crippen molar-refractivity contribution in [2.45, 2.75) is 26.5 Å². The molecule has 1 aromatic carbocycles. The van der Waals surface area contributed by atoms with Crippen molar-refractivity contribution in [3.8, 4) is 5.75 Å². The number of benzene rings is 1. The second-order valence-corrected chi connectivity index (χ2v) is 4.18. The lowest BCUT2D eigenvalue weighted by Crippen LogP contribution is -2.11. The van der Waals surface area contributed by atoms with Gasteiger partial charge >= 0.3 is 0 Å². The fraction of sp³-hybridized carbons (Fsp3) is 0.385. The minimum atomic E-state index is -0.601. The van der Waals surface area contributed by atoms with E-state index in [-0.39, 0.29) is 0 Å². The molecule has 2 aromatic rings. The Labute approximate surface area is 106 Å². The van der Waals surface area contributed by atoms with Gasteiger partial charge in [0.25, 0.3) is 0 Å². The number of hydrogen-bond donors (Lipinski definition) is 1. The molecule has 18 heavy (non-hydrogen) atoms. The lowest BCUT2D eigenvalue weighted by Gasteiger charge is -2.12. The normalized spacial score (nSPS) is 12.4. The van der Waals surface area contributed by atoms with Crippen molar-refractivity contribution in [3.63, 3.8) is 0 Å². The van der Waals surface area contributed by atoms with Gasteiger partial charge in [0.15, 0.2) is 0 Å². The van der Waals surface area contributed by atoms with Gasteiger partial charge in [0.05, 0.1) is 19.8 Å². The summed E-state index contributed by atoms with van der Waals surface area (Å²) >= 11 is 0. The molecule has 0 spiro atoms. The van der Waals surface area contributed by atoms with Gasteiger partial charge in [-0.05, 0) is 31.5 Å². The standard InChI is InChI=1S/C13H17N3O2/c1-9-14-10(2)16(15-9)8-13(17)11-4-6-12(18-3)7-5-11/h4-7,13,17H,8H2,1-3H3. The monoisotopic (exact) mass is 247 g/mol. The molecule has 0 bridgehead atoms. The zero-order valence-corrected chi connectivity index (χ0v) is 10.8. The first-order valence-corrected chi connectivity index (χ1v) is 5.80. The number of ether oxygens (including phenoxy) is 1. The van der Waals surface area contributed by atoms with Crippen LogP contribution in [0.3, 0.4) is 0 Å². The number of aryl methyl sites for hydroxylation is 2. The van der Waals surface area contributed by atoms with Crippen molar-refractivity contribution in [2.24, 2.45) is 0 Å². The molecule has 0 aliphatic rings. The van der Waals surface area contributed by atoms with Crippen molar-refractivity contribution in [1.82, 2.24) is 14.8 Å². The van der Waals surface area contributed by atoms with Gasteiger partial charge in [-0.3, -0.25) is 0 Å². The Balaban J connectivity index is 2.11. The van der Waals surface area contributed by atoms with Gasteiger partial charge in [-0.2, -0.15) is 5.10 Å². The maximum atomic E-state index is 10.1. The van der Waals surface area contributed by atoms with Crippen LogP contribution in [0.15, 0.2) is 24.3 Å². The summed E-state index contributed by atoms with van der Waals surface area (Å²) in [5.41, 5.74) is 0.836. The maximum absolute atomic E-state index is 10.1. The van der Waals surface area contributed by atoms with Gasteiger partial charge < -0.3 is 9.84 Å². The summed E-state index contributed by atoms with van der Waals surface area (Å²) < 4.78 is 6.79. The third-order valence-corrected chi connectivity index (χ3v) is 2.81. The van der Waals surface area contributed by atoms with E-state index >= 15 is 0 Å². The zero-order chi connectivity index (χ0) is 13.1. The van der Waals surface area contributed by atoms with Crippen molar-refractivity contribution in [3.05, 3.63) is 41.5 Å². The molecule has 1 heterocycles. The molecule has 1 N–H and O–H groups in total. The highest BCUT2D eigenvalue weighted by atomic mass is 16.5. The molecule has 0 saturated carbocycles. The molecular formula is C13H17N3O2. The first-order valence-electron chi connectivity index (χ1n) is 5.80. The molecule has 96 valence electrons. The van der Waals surface area contributed by atoms with Crippen LogP contribution in [0.25, 0.3) is 0 Å². The van der Waals surface area contributed by atoms with Crippen LogP contribution in [-0.4, -0.2) is 27.0 Å². The third kappa shape index (κ3) is 2.68. The van der Waals surface area contributed by atoms with E-state index in [4.69, 9.17) is 4.74 Å². The second-order valence-electron chi connectivity index (χ2n) is 4.18. The van der Waals surface area contributed by atoms with E-state index in [9.17, 15) is 5.11 Å². The SMILES string of the molecule is COc1ccc(C(O)Cn2nc(C)nc2C)cc1. The molecular weight excluding hydrogens is 230 g/mol. The van der Waals surface area contributed by atoms with Gasteiger partial charge in [-0.1, -0.05) is 12.1 Å². The Morgan fingerprint density at radius 3 is 2.44 bits per heavy atom. The average molecular weight is 247 g/mol. The van der Waals surface area contributed by atoms with Gasteiger partial charge in [0, 0.05) is 0 Å². The molecule has 5 nitrogen and oxygen atoms in total. The van der Waals surface area contributed by atoms with Gasteiger partial charge in [-0.25, -0.2) is 9.67 Å². The molecule has 2 rings (SSSR count). The molecule has 1 atom stereocenters. The average Bonchev–Trinajstić information content (AvgIpc) is 2.68. The first kappa shape index (κ1) is 12.6. The number of aliphatic hydroxyl groups excluding tert-OH is 1. The smallest absolute Gasteiger partial charge is 0.147 e. The maximum Gasteiger partial charge on any atom is 0.147 e. The second kappa shape index (κ2) is 5.18. The van der Waals surface area contributed by atoms with Crippen LogP contribution in [0, 0.1) is 13.8 Å². The topological polar surface area (TPSA) is 60.2 Å². The zero-order valence-electron chi connectivity index (χ0n) is 10.8. The number of aromatic nitrogens is 3. The predicted octanol–water partition coefficient (Wildman–Crippen LogP) is 1.64. The number of hydrogen-bond acceptors (Lipinski definition) is 4. The fourth-order valence-corrected chi connectivity index (χ4v) is 1.83. The van der Waals surface area contributed by atoms with Gasteiger partial charge in [0.2, 0.25) is 0 Å². The molecule has 0 aliphatic heterocycles. The Morgan fingerprint density at radius 1 is 1.28 bits per heavy atom. The first-order chi connectivity index (χ1) is 8.60. The Kier molecular flexibility index (Phi) is 3.62. The molecule has 1 aromatic heterocycles. The summed E-state index contributed by atoms with van der Waals surface area (Å²) in [5, 5.41) is 14.4. The van der Waals surface area contributed by atoms with E-state index < -0.39 is 6.10 Å². The lowest BCUT2D eigenvalue weighted by molar-refractivity contribution is 0.150. The highest BCUT2D eigenvalue weighted by Crippen LogP contribution is 2.19. The van der Waals surface area contributed by atoms with Crippen LogP contribution in [0.2, 0.25) is 0 Å². The molecule has 0 saturated heterocycles. The van der Waals surface area contributed by atoms with Crippen LogP contribution in [-0.2, 0) is 6.54 Å². The molecule has 5 heteroatoms. The van der Waals surface area contributed by atoms with E-state index in [0.29, 0.717) is 6.54 Å². The number of methoxy groups -OCH3 is 1. The quantitative estimate of drug-likeness (QED) is 0.892. The van der Waals surface area contributed by atoms with Crippen LogP contribution >= 0.6 is 0 Å². The van der Waals surface area contributed by atoms with Crippen LogP contribution < -0.4 is 4.74 Å². The predicted molar refractivity (Wildman–Crippen MR) is 67.4 cm³/mol. The highest BCUT2D eigenvalue weighted by Gasteiger charge is 2.11. The lowest BCUT2D eigenvalue weighted by atomic mass is 10.1. The van der Waals surface area contributed by atoms with Crippen LogP contribution in [0.1, 0.15) is 23.3 Å². The van der Waals surface area contributed by atoms with Crippen molar-refractivity contribution in [2.75, 3.05) is 7.11 Å². The summed E-state index contributed by atoms with van der Waals surface area (Å²) in [6.45, 7) is 4.11. The summed E-state index contributed by atoms with van der Waals surface area (Å²) in [6, 6.07) is 7.36. The Bertz CT molecular complexity index is 520. The van der Waals surface area contributed by atoms with Gasteiger partial charge in [-0.15, -0.1) is 0 Å². The van der Waals surface area contributed by atoms with E-state index in [1.165, 1.54) is 0 Å². The Morgan fingerprint density at radius 2 is 1.94 bits per heavy atom. The summed E-state index contributed by atoms with van der Waals surface area (Å²) in [7, 11) is 1.62. The molecule has 0 aliphatic carbocycles. The van der Waals surface area contributed by atoms with Crippen molar-refractivity contribution < 1.29 is 9.84 Å². The van der Waals surface area contributed by atoms with Crippen molar-refractivity contribution in [1.29, 1.82) is 0 Å². The van der Waals surface area contributed by atoms with E-state index in [2.05, 4.69) is 10.1 Å². The fourth-order valence-electron chi connectivity index (χ4n) is 1.83. The van der Waals surface area contributed by atoms with E-state index in [1.54, 1.807) is 11.8 Å². The number of aliphatic hydroxyl groups is 1.